The third-order valence-electron chi connectivity index (χ3n) is 5.01. The van der Waals surface area contributed by atoms with Gasteiger partial charge >= 0.3 is 0 Å². The molecule has 1 aliphatic heterocycles. The summed E-state index contributed by atoms with van der Waals surface area (Å²) in [5.74, 6) is -0.527. The SMILES string of the molecule is C[C@H]1CNCCN1C(=O)CCC(c1ccc(F)cc1)c1ccc(F)cc1. The highest BCUT2D eigenvalue weighted by Gasteiger charge is 2.24. The molecule has 3 rings (SSSR count). The molecule has 0 saturated carbocycles. The van der Waals surface area contributed by atoms with Crippen LogP contribution in [0.1, 0.15) is 36.8 Å². The van der Waals surface area contributed by atoms with Crippen LogP contribution in [0.15, 0.2) is 48.5 Å². The minimum absolute atomic E-state index is 0.0710. The van der Waals surface area contributed by atoms with E-state index in [4.69, 9.17) is 0 Å². The third kappa shape index (κ3) is 4.47. The van der Waals surface area contributed by atoms with Crippen LogP contribution in [0.3, 0.4) is 0 Å². The fraction of sp³-hybridized carbons (Fsp3) is 0.381. The molecule has 0 bridgehead atoms. The minimum atomic E-state index is -0.294. The van der Waals surface area contributed by atoms with E-state index in [1.165, 1.54) is 24.3 Å². The van der Waals surface area contributed by atoms with Gasteiger partial charge in [0.05, 0.1) is 0 Å². The number of hydrogen-bond donors (Lipinski definition) is 1. The highest BCUT2D eigenvalue weighted by molar-refractivity contribution is 5.76. The molecule has 0 unspecified atom stereocenters. The van der Waals surface area contributed by atoms with Crippen molar-refractivity contribution in [3.8, 4) is 0 Å². The Morgan fingerprint density at radius 1 is 1.08 bits per heavy atom. The van der Waals surface area contributed by atoms with Gasteiger partial charge in [0.15, 0.2) is 0 Å². The number of amides is 1. The fourth-order valence-corrected chi connectivity index (χ4v) is 3.54. The second kappa shape index (κ2) is 8.41. The number of nitrogens with zero attached hydrogens (tertiary/aromatic N) is 1. The van der Waals surface area contributed by atoms with Gasteiger partial charge in [-0.1, -0.05) is 24.3 Å². The summed E-state index contributed by atoms with van der Waals surface area (Å²) < 4.78 is 26.6. The van der Waals surface area contributed by atoms with E-state index in [-0.39, 0.29) is 29.5 Å². The molecule has 138 valence electrons. The van der Waals surface area contributed by atoms with Crippen LogP contribution in [-0.4, -0.2) is 36.5 Å². The normalized spacial score (nSPS) is 17.5. The van der Waals surface area contributed by atoms with Crippen molar-refractivity contribution in [1.29, 1.82) is 0 Å². The lowest BCUT2D eigenvalue weighted by Crippen LogP contribution is -2.52. The van der Waals surface area contributed by atoms with Crippen molar-refractivity contribution >= 4 is 5.91 Å². The van der Waals surface area contributed by atoms with Gasteiger partial charge in [0, 0.05) is 38.0 Å². The molecule has 0 aromatic heterocycles. The average molecular weight is 358 g/mol. The number of hydrogen-bond acceptors (Lipinski definition) is 2. The van der Waals surface area contributed by atoms with E-state index in [1.54, 1.807) is 24.3 Å². The first kappa shape index (κ1) is 18.5. The number of carbonyl (C=O) groups excluding carboxylic acids is 1. The van der Waals surface area contributed by atoms with E-state index >= 15 is 0 Å². The Morgan fingerprint density at radius 3 is 2.12 bits per heavy atom. The Morgan fingerprint density at radius 2 is 1.62 bits per heavy atom. The fourth-order valence-electron chi connectivity index (χ4n) is 3.54. The van der Waals surface area contributed by atoms with E-state index in [2.05, 4.69) is 5.32 Å². The van der Waals surface area contributed by atoms with Gasteiger partial charge in [0.25, 0.3) is 0 Å². The largest absolute Gasteiger partial charge is 0.337 e. The summed E-state index contributed by atoms with van der Waals surface area (Å²) in [6.45, 7) is 4.39. The third-order valence-corrected chi connectivity index (χ3v) is 5.01. The van der Waals surface area contributed by atoms with Gasteiger partial charge in [-0.2, -0.15) is 0 Å². The maximum Gasteiger partial charge on any atom is 0.222 e. The molecule has 2 aromatic carbocycles. The van der Waals surface area contributed by atoms with Crippen LogP contribution >= 0.6 is 0 Å². The summed E-state index contributed by atoms with van der Waals surface area (Å²) in [6, 6.07) is 12.8. The predicted molar refractivity (Wildman–Crippen MR) is 97.9 cm³/mol. The number of rotatable bonds is 5. The number of halogens is 2. The highest BCUT2D eigenvalue weighted by Crippen LogP contribution is 2.30. The van der Waals surface area contributed by atoms with Gasteiger partial charge < -0.3 is 10.2 Å². The van der Waals surface area contributed by atoms with Gasteiger partial charge in [-0.15, -0.1) is 0 Å². The second-order valence-electron chi connectivity index (χ2n) is 6.83. The zero-order valence-electron chi connectivity index (χ0n) is 14.9. The van der Waals surface area contributed by atoms with Crippen molar-refractivity contribution in [3.05, 3.63) is 71.3 Å². The molecule has 1 heterocycles. The monoisotopic (exact) mass is 358 g/mol. The summed E-state index contributed by atoms with van der Waals surface area (Å²) >= 11 is 0. The molecular weight excluding hydrogens is 334 g/mol. The summed E-state index contributed by atoms with van der Waals surface area (Å²) in [5, 5.41) is 3.28. The summed E-state index contributed by atoms with van der Waals surface area (Å²) in [6.07, 6.45) is 1.01. The maximum absolute atomic E-state index is 13.3. The van der Waals surface area contributed by atoms with Crippen molar-refractivity contribution in [2.75, 3.05) is 19.6 Å². The van der Waals surface area contributed by atoms with E-state index in [0.717, 1.165) is 30.8 Å². The lowest BCUT2D eigenvalue weighted by molar-refractivity contribution is -0.134. The van der Waals surface area contributed by atoms with Gasteiger partial charge in [-0.05, 0) is 48.7 Å². The first-order chi connectivity index (χ1) is 12.5. The molecule has 0 radical (unpaired) electrons. The van der Waals surface area contributed by atoms with Crippen LogP contribution in [0.4, 0.5) is 8.78 Å². The van der Waals surface area contributed by atoms with Crippen LogP contribution in [0.25, 0.3) is 0 Å². The molecule has 0 aliphatic carbocycles. The zero-order chi connectivity index (χ0) is 18.5. The first-order valence-electron chi connectivity index (χ1n) is 9.05. The van der Waals surface area contributed by atoms with Crippen molar-refractivity contribution in [2.45, 2.75) is 31.7 Å². The lowest BCUT2D eigenvalue weighted by atomic mass is 9.87. The Bertz CT molecular complexity index is 685. The standard InChI is InChI=1S/C21H24F2N2O/c1-15-14-24-12-13-25(15)21(26)11-10-20(16-2-6-18(22)7-3-16)17-4-8-19(23)9-5-17/h2-9,15,20,24H,10-14H2,1H3/t15-/m0/s1. The number of nitrogens with one attached hydrogen (secondary N) is 1. The molecule has 1 saturated heterocycles. The van der Waals surface area contributed by atoms with Crippen molar-refractivity contribution in [1.82, 2.24) is 10.2 Å². The van der Waals surface area contributed by atoms with E-state index < -0.39 is 0 Å². The summed E-state index contributed by atoms with van der Waals surface area (Å²) in [5.41, 5.74) is 1.86. The Labute approximate surface area is 153 Å². The van der Waals surface area contributed by atoms with Crippen molar-refractivity contribution < 1.29 is 13.6 Å². The molecule has 3 nitrogen and oxygen atoms in total. The number of piperazine rings is 1. The second-order valence-corrected chi connectivity index (χ2v) is 6.83. The number of carbonyl (C=O) groups is 1. The topological polar surface area (TPSA) is 32.3 Å². The molecule has 1 amide bonds. The zero-order valence-corrected chi connectivity index (χ0v) is 14.9. The molecule has 2 aromatic rings. The molecular formula is C21H24F2N2O. The Balaban J connectivity index is 1.76. The minimum Gasteiger partial charge on any atom is -0.337 e. The summed E-state index contributed by atoms with van der Waals surface area (Å²) in [7, 11) is 0. The molecule has 1 N–H and O–H groups in total. The Hall–Kier alpha value is -2.27. The molecule has 5 heteroatoms. The average Bonchev–Trinajstić information content (AvgIpc) is 2.65. The summed E-state index contributed by atoms with van der Waals surface area (Å²) in [4.78, 5) is 14.6. The van der Waals surface area contributed by atoms with Gasteiger partial charge in [0.1, 0.15) is 11.6 Å². The van der Waals surface area contributed by atoms with E-state index in [1.807, 2.05) is 11.8 Å². The van der Waals surface area contributed by atoms with Crippen LogP contribution < -0.4 is 5.32 Å². The van der Waals surface area contributed by atoms with Crippen LogP contribution in [0.2, 0.25) is 0 Å². The molecule has 1 aliphatic rings. The lowest BCUT2D eigenvalue weighted by Gasteiger charge is -2.34. The number of benzene rings is 2. The van der Waals surface area contributed by atoms with E-state index in [0.29, 0.717) is 12.8 Å². The van der Waals surface area contributed by atoms with Gasteiger partial charge in [-0.3, -0.25) is 4.79 Å². The van der Waals surface area contributed by atoms with E-state index in [9.17, 15) is 13.6 Å². The van der Waals surface area contributed by atoms with Crippen LogP contribution in [-0.2, 0) is 4.79 Å². The van der Waals surface area contributed by atoms with Gasteiger partial charge in [0.2, 0.25) is 5.91 Å². The van der Waals surface area contributed by atoms with Crippen LogP contribution in [0.5, 0.6) is 0 Å². The molecule has 1 atom stereocenters. The van der Waals surface area contributed by atoms with Gasteiger partial charge in [-0.25, -0.2) is 8.78 Å². The van der Waals surface area contributed by atoms with Crippen molar-refractivity contribution in [2.24, 2.45) is 0 Å². The quantitative estimate of drug-likeness (QED) is 0.884. The highest BCUT2D eigenvalue weighted by atomic mass is 19.1. The molecule has 0 spiro atoms. The van der Waals surface area contributed by atoms with Crippen molar-refractivity contribution in [3.63, 3.8) is 0 Å². The van der Waals surface area contributed by atoms with Crippen LogP contribution in [0, 0.1) is 11.6 Å². The predicted octanol–water partition coefficient (Wildman–Crippen LogP) is 3.70. The first-order valence-corrected chi connectivity index (χ1v) is 9.05. The smallest absolute Gasteiger partial charge is 0.222 e. The molecule has 1 fully saturated rings. The Kier molecular flexibility index (Phi) is 5.99. The maximum atomic E-state index is 13.3. The molecule has 26 heavy (non-hydrogen) atoms.